The molecule has 54 heavy (non-hydrogen) atoms. The van der Waals surface area contributed by atoms with Crippen LogP contribution in [-0.2, 0) is 34.2 Å². The van der Waals surface area contributed by atoms with Crippen LogP contribution in [0.2, 0.25) is 0 Å². The molecule has 286 valence electrons. The highest BCUT2D eigenvalue weighted by Crippen LogP contribution is 2.42. The Labute approximate surface area is 307 Å². The van der Waals surface area contributed by atoms with E-state index in [1.54, 1.807) is 12.1 Å². The van der Waals surface area contributed by atoms with Crippen LogP contribution in [0.3, 0.4) is 0 Å². The summed E-state index contributed by atoms with van der Waals surface area (Å²) in [6.45, 7) is 0.532. The third kappa shape index (κ3) is 8.94. The molecule has 0 spiro atoms. The summed E-state index contributed by atoms with van der Waals surface area (Å²) < 4.78 is 67.2. The number of methoxy groups -OCH3 is 1. The molecule has 3 aromatic carbocycles. The van der Waals surface area contributed by atoms with Crippen LogP contribution in [0.5, 0.6) is 5.75 Å². The van der Waals surface area contributed by atoms with Crippen molar-refractivity contribution in [2.45, 2.75) is 56.3 Å². The summed E-state index contributed by atoms with van der Waals surface area (Å²) in [6, 6.07) is 22.5. The minimum atomic E-state index is -4.44. The first-order valence-electron chi connectivity index (χ1n) is 16.6. The lowest BCUT2D eigenvalue weighted by molar-refractivity contribution is -0.154. The number of halogens is 3. The zero-order valence-electron chi connectivity index (χ0n) is 29.3. The van der Waals surface area contributed by atoms with E-state index in [9.17, 15) is 37.5 Å². The molecule has 3 amide bonds. The molecule has 1 unspecified atom stereocenters. The fourth-order valence-electron chi connectivity index (χ4n) is 5.99. The summed E-state index contributed by atoms with van der Waals surface area (Å²) >= 11 is 0. The van der Waals surface area contributed by atoms with Gasteiger partial charge in [-0.05, 0) is 34.9 Å². The minimum Gasteiger partial charge on any atom is -0.497 e. The van der Waals surface area contributed by atoms with Gasteiger partial charge in [0.25, 0.3) is 6.30 Å². The molecule has 0 saturated carbocycles. The van der Waals surface area contributed by atoms with Crippen molar-refractivity contribution in [3.8, 4) is 5.75 Å². The van der Waals surface area contributed by atoms with Crippen LogP contribution in [0.4, 0.5) is 19.0 Å². The SMILES string of the molecule is COc1ccc(C(OC[C@H]2O[C@@H](n3ccc(NC(C)=O)nc3=O)[C@H](OCC(=O)NC(F)C(F)(F)NC(C)=O)[C@@H]2O)(c2ccccc2)c2ccccc2)cc1. The third-order valence-corrected chi connectivity index (χ3v) is 8.40. The van der Waals surface area contributed by atoms with Crippen LogP contribution in [0.15, 0.2) is 102 Å². The lowest BCUT2D eigenvalue weighted by Crippen LogP contribution is -2.55. The van der Waals surface area contributed by atoms with E-state index in [4.69, 9.17) is 18.9 Å². The van der Waals surface area contributed by atoms with Gasteiger partial charge < -0.3 is 34.7 Å². The first kappa shape index (κ1) is 39.6. The number of hydrogen-bond acceptors (Lipinski definition) is 10. The number of amides is 3. The van der Waals surface area contributed by atoms with Crippen LogP contribution in [-0.4, -0.2) is 83.4 Å². The molecule has 0 aliphatic carbocycles. The monoisotopic (exact) mass is 753 g/mol. The molecule has 1 aliphatic rings. The number of hydrogen-bond donors (Lipinski definition) is 4. The average molecular weight is 754 g/mol. The molecule has 4 aromatic rings. The summed E-state index contributed by atoms with van der Waals surface area (Å²) in [5, 5.41) is 16.5. The van der Waals surface area contributed by atoms with Gasteiger partial charge in [0.05, 0.1) is 13.7 Å². The molecule has 2 heterocycles. The first-order chi connectivity index (χ1) is 25.7. The molecule has 0 radical (unpaired) electrons. The predicted octanol–water partition coefficient (Wildman–Crippen LogP) is 3.00. The smallest absolute Gasteiger partial charge is 0.374 e. The van der Waals surface area contributed by atoms with E-state index in [-0.39, 0.29) is 12.4 Å². The number of alkyl halides is 3. The predicted molar refractivity (Wildman–Crippen MR) is 186 cm³/mol. The van der Waals surface area contributed by atoms with E-state index in [1.165, 1.54) is 31.6 Å². The molecule has 1 fully saturated rings. The largest absolute Gasteiger partial charge is 0.497 e. The van der Waals surface area contributed by atoms with Crippen LogP contribution in [0, 0.1) is 0 Å². The van der Waals surface area contributed by atoms with Gasteiger partial charge in [-0.15, -0.1) is 0 Å². The van der Waals surface area contributed by atoms with Crippen molar-refractivity contribution in [3.05, 3.63) is 124 Å². The highest BCUT2D eigenvalue weighted by Gasteiger charge is 2.49. The van der Waals surface area contributed by atoms with Crippen molar-refractivity contribution in [2.75, 3.05) is 25.6 Å². The fourth-order valence-corrected chi connectivity index (χ4v) is 5.99. The Balaban J connectivity index is 1.47. The number of carbonyl (C=O) groups excluding carboxylic acids is 3. The van der Waals surface area contributed by atoms with Crippen molar-refractivity contribution in [3.63, 3.8) is 0 Å². The number of benzene rings is 3. The van der Waals surface area contributed by atoms with Gasteiger partial charge in [0.15, 0.2) is 6.23 Å². The van der Waals surface area contributed by atoms with Crippen molar-refractivity contribution in [1.29, 1.82) is 0 Å². The number of aliphatic hydroxyl groups excluding tert-OH is 1. The van der Waals surface area contributed by atoms with Crippen LogP contribution in [0.25, 0.3) is 0 Å². The van der Waals surface area contributed by atoms with E-state index in [2.05, 4.69) is 10.3 Å². The van der Waals surface area contributed by atoms with Gasteiger partial charge in [-0.1, -0.05) is 72.8 Å². The van der Waals surface area contributed by atoms with Gasteiger partial charge in [0.2, 0.25) is 17.7 Å². The molecule has 5 rings (SSSR count). The third-order valence-electron chi connectivity index (χ3n) is 8.40. The number of anilines is 1. The average Bonchev–Trinajstić information content (AvgIpc) is 3.45. The molecule has 1 saturated heterocycles. The zero-order valence-corrected chi connectivity index (χ0v) is 29.3. The summed E-state index contributed by atoms with van der Waals surface area (Å²) in [6.07, 6.45) is -8.04. The molecule has 1 aliphatic heterocycles. The Morgan fingerprint density at radius 2 is 1.52 bits per heavy atom. The summed E-state index contributed by atoms with van der Waals surface area (Å²) in [5.41, 5.74) is -0.153. The molecule has 14 nitrogen and oxygen atoms in total. The van der Waals surface area contributed by atoms with Crippen molar-refractivity contribution < 1.29 is 51.6 Å². The van der Waals surface area contributed by atoms with E-state index in [1.807, 2.05) is 72.8 Å². The summed E-state index contributed by atoms with van der Waals surface area (Å²) in [5.74, 6) is -2.60. The molecule has 4 N–H and O–H groups in total. The van der Waals surface area contributed by atoms with E-state index < -0.39 is 72.5 Å². The Morgan fingerprint density at radius 3 is 2.06 bits per heavy atom. The number of nitrogens with zero attached hydrogens (tertiary/aromatic N) is 2. The maximum atomic E-state index is 14.3. The second-order valence-corrected chi connectivity index (χ2v) is 12.2. The second kappa shape index (κ2) is 17.0. The van der Waals surface area contributed by atoms with Crippen molar-refractivity contribution in [1.82, 2.24) is 20.2 Å². The number of ether oxygens (including phenoxy) is 4. The Kier molecular flexibility index (Phi) is 12.5. The molecule has 0 bridgehead atoms. The second-order valence-electron chi connectivity index (χ2n) is 12.2. The fraction of sp³-hybridized carbons (Fsp3) is 0.324. The normalized spacial score (nSPS) is 19.1. The number of rotatable bonds is 15. The topological polar surface area (TPSA) is 179 Å². The maximum absolute atomic E-state index is 14.3. The van der Waals surface area contributed by atoms with E-state index in [0.29, 0.717) is 22.4 Å². The maximum Gasteiger partial charge on any atom is 0.374 e. The zero-order chi connectivity index (χ0) is 39.0. The standard InChI is InChI=1S/C37H38F3N5O9/c1-22(46)41-29-18-19-45(35(50)42-29)33-32(52-21-30(48)43-34(38)37(39,40)44-23(2)47)31(49)28(54-33)20-53-36(24-10-6-4-7-11-24,25-12-8-5-9-13-25)26-14-16-27(51-3)17-15-26/h4-19,28,31-34,49H,20-21H2,1-3H3,(H,43,48)(H,44,47)(H,41,42,46,50)/t28-,31-,32-,33-,34?/m1/s1. The van der Waals surface area contributed by atoms with Gasteiger partial charge in [0.1, 0.15) is 42.1 Å². The molecule has 1 aromatic heterocycles. The number of aliphatic hydroxyl groups is 1. The van der Waals surface area contributed by atoms with Crippen molar-refractivity contribution in [2.24, 2.45) is 0 Å². The molecular weight excluding hydrogens is 715 g/mol. The van der Waals surface area contributed by atoms with Gasteiger partial charge in [-0.25, -0.2) is 9.18 Å². The summed E-state index contributed by atoms with van der Waals surface area (Å²) in [7, 11) is 1.54. The molecule has 17 heteroatoms. The highest BCUT2D eigenvalue weighted by atomic mass is 19.3. The summed E-state index contributed by atoms with van der Waals surface area (Å²) in [4.78, 5) is 52.2. The minimum absolute atomic E-state index is 0.0805. The van der Waals surface area contributed by atoms with Gasteiger partial charge in [-0.3, -0.25) is 24.3 Å². The van der Waals surface area contributed by atoms with Crippen LogP contribution < -0.4 is 26.4 Å². The quantitative estimate of drug-likeness (QED) is 0.104. The van der Waals surface area contributed by atoms with E-state index in [0.717, 1.165) is 16.8 Å². The molecule has 5 atom stereocenters. The Morgan fingerprint density at radius 1 is 0.926 bits per heavy atom. The van der Waals surface area contributed by atoms with Crippen LogP contribution >= 0.6 is 0 Å². The number of nitrogens with one attached hydrogen (secondary N) is 3. The number of aromatic nitrogens is 2. The lowest BCUT2D eigenvalue weighted by atomic mass is 9.80. The van der Waals surface area contributed by atoms with Gasteiger partial charge in [-0.2, -0.15) is 13.8 Å². The highest BCUT2D eigenvalue weighted by molar-refractivity contribution is 5.87. The van der Waals surface area contributed by atoms with E-state index >= 15 is 0 Å². The Bertz CT molecular complexity index is 1930. The first-order valence-corrected chi connectivity index (χ1v) is 16.6. The van der Waals surface area contributed by atoms with Gasteiger partial charge >= 0.3 is 11.7 Å². The number of carbonyl (C=O) groups is 3. The lowest BCUT2D eigenvalue weighted by Gasteiger charge is -2.37. The van der Waals surface area contributed by atoms with Crippen LogP contribution in [0.1, 0.15) is 36.8 Å². The van der Waals surface area contributed by atoms with Crippen molar-refractivity contribution >= 4 is 23.5 Å². The molecular formula is C37H38F3N5O9. The van der Waals surface area contributed by atoms with Gasteiger partial charge in [0, 0.05) is 20.0 Å². The Hall–Kier alpha value is -5.62.